The van der Waals surface area contributed by atoms with Gasteiger partial charge in [0.1, 0.15) is 0 Å². The van der Waals surface area contributed by atoms with Crippen molar-refractivity contribution in [3.8, 4) is 11.1 Å². The van der Waals surface area contributed by atoms with E-state index in [9.17, 15) is 4.79 Å². The Labute approximate surface area is 113 Å². The average Bonchev–Trinajstić information content (AvgIpc) is 2.41. The molecule has 3 heteroatoms. The summed E-state index contributed by atoms with van der Waals surface area (Å²) in [5, 5.41) is 16.2. The monoisotopic (exact) mass is 258 g/mol. The van der Waals surface area contributed by atoms with Gasteiger partial charge in [0.15, 0.2) is 0 Å². The summed E-state index contributed by atoms with van der Waals surface area (Å²) in [6.07, 6.45) is 0.0784. The summed E-state index contributed by atoms with van der Waals surface area (Å²) in [5.74, 6) is -0.799. The molecule has 2 rings (SSSR count). The molecule has 0 unspecified atom stereocenters. The Balaban J connectivity index is 0.000000550. The van der Waals surface area contributed by atoms with Crippen LogP contribution in [0.3, 0.4) is 0 Å². The van der Waals surface area contributed by atoms with Gasteiger partial charge in [0.25, 0.3) is 0 Å². The third-order valence-electron chi connectivity index (χ3n) is 2.42. The first-order valence-corrected chi connectivity index (χ1v) is 6.14. The summed E-state index contributed by atoms with van der Waals surface area (Å²) in [6.45, 7) is 1.93. The topological polar surface area (TPSA) is 57.5 Å². The summed E-state index contributed by atoms with van der Waals surface area (Å²) in [5.41, 5.74) is 3.08. The minimum atomic E-state index is -0.799. The lowest BCUT2D eigenvalue weighted by Crippen LogP contribution is -1.99. The van der Waals surface area contributed by atoms with E-state index >= 15 is 0 Å². The Kier molecular flexibility index (Phi) is 6.33. The van der Waals surface area contributed by atoms with Gasteiger partial charge in [-0.2, -0.15) is 0 Å². The normalized spacial score (nSPS) is 9.37. The van der Waals surface area contributed by atoms with Crippen LogP contribution in [0.25, 0.3) is 11.1 Å². The van der Waals surface area contributed by atoms with Crippen molar-refractivity contribution in [2.45, 2.75) is 13.3 Å². The van der Waals surface area contributed by atoms with Crippen molar-refractivity contribution in [1.29, 1.82) is 0 Å². The predicted molar refractivity (Wildman–Crippen MR) is 76.0 cm³/mol. The van der Waals surface area contributed by atoms with Crippen LogP contribution < -0.4 is 0 Å². The van der Waals surface area contributed by atoms with Gasteiger partial charge in [-0.15, -0.1) is 0 Å². The Hall–Kier alpha value is -2.13. The van der Waals surface area contributed by atoms with Crippen LogP contribution in [-0.2, 0) is 11.2 Å². The first kappa shape index (κ1) is 14.9. The summed E-state index contributed by atoms with van der Waals surface area (Å²) in [7, 11) is 0. The van der Waals surface area contributed by atoms with Crippen molar-refractivity contribution in [2.75, 3.05) is 6.61 Å². The fourth-order valence-electron chi connectivity index (χ4n) is 1.62. The van der Waals surface area contributed by atoms with Crippen LogP contribution in [0.4, 0.5) is 0 Å². The maximum absolute atomic E-state index is 10.5. The smallest absolute Gasteiger partial charge is 0.307 e. The van der Waals surface area contributed by atoms with E-state index in [1.807, 2.05) is 54.6 Å². The van der Waals surface area contributed by atoms with Crippen molar-refractivity contribution < 1.29 is 15.0 Å². The third-order valence-corrected chi connectivity index (χ3v) is 2.42. The number of carboxylic acids is 1. The van der Waals surface area contributed by atoms with Gasteiger partial charge in [0.2, 0.25) is 0 Å². The molecule has 2 N–H and O–H groups in total. The van der Waals surface area contributed by atoms with Crippen LogP contribution >= 0.6 is 0 Å². The summed E-state index contributed by atoms with van der Waals surface area (Å²) < 4.78 is 0. The predicted octanol–water partition coefficient (Wildman–Crippen LogP) is 2.98. The molecular formula is C16H18O3. The van der Waals surface area contributed by atoms with Gasteiger partial charge >= 0.3 is 5.97 Å². The van der Waals surface area contributed by atoms with E-state index in [1.54, 1.807) is 6.92 Å². The largest absolute Gasteiger partial charge is 0.481 e. The number of carboxylic acid groups (broad SMARTS) is 1. The lowest BCUT2D eigenvalue weighted by atomic mass is 10.0. The van der Waals surface area contributed by atoms with Gasteiger partial charge in [0.05, 0.1) is 6.42 Å². The molecule has 2 aromatic rings. The van der Waals surface area contributed by atoms with Crippen LogP contribution in [0.15, 0.2) is 54.6 Å². The van der Waals surface area contributed by atoms with Gasteiger partial charge in [-0.25, -0.2) is 0 Å². The second-order valence-corrected chi connectivity index (χ2v) is 3.95. The molecule has 2 aromatic carbocycles. The van der Waals surface area contributed by atoms with Crippen LogP contribution in [0.2, 0.25) is 0 Å². The SMILES string of the molecule is CCO.O=C(O)Cc1ccc(-c2ccccc2)cc1. The molecule has 0 saturated heterocycles. The van der Waals surface area contributed by atoms with Gasteiger partial charge in [0, 0.05) is 6.61 Å². The number of aliphatic hydroxyl groups excluding tert-OH is 1. The van der Waals surface area contributed by atoms with Crippen molar-refractivity contribution in [2.24, 2.45) is 0 Å². The molecule has 0 atom stereocenters. The molecule has 100 valence electrons. The molecule has 0 aromatic heterocycles. The zero-order valence-corrected chi connectivity index (χ0v) is 10.9. The average molecular weight is 258 g/mol. The molecule has 0 heterocycles. The highest BCUT2D eigenvalue weighted by atomic mass is 16.4. The highest BCUT2D eigenvalue weighted by molar-refractivity contribution is 5.71. The molecule has 0 saturated carbocycles. The molecule has 0 spiro atoms. The van der Waals surface area contributed by atoms with E-state index < -0.39 is 5.97 Å². The Morgan fingerprint density at radius 3 is 1.89 bits per heavy atom. The molecule has 0 aliphatic heterocycles. The third kappa shape index (κ3) is 5.36. The van der Waals surface area contributed by atoms with E-state index in [4.69, 9.17) is 10.2 Å². The first-order valence-electron chi connectivity index (χ1n) is 6.14. The molecule has 0 bridgehead atoms. The van der Waals surface area contributed by atoms with E-state index in [0.29, 0.717) is 0 Å². The number of aliphatic hydroxyl groups is 1. The highest BCUT2D eigenvalue weighted by Crippen LogP contribution is 2.19. The Bertz CT molecular complexity index is 489. The van der Waals surface area contributed by atoms with E-state index in [1.165, 1.54) is 0 Å². The van der Waals surface area contributed by atoms with Crippen LogP contribution in [0.1, 0.15) is 12.5 Å². The van der Waals surface area contributed by atoms with E-state index in [0.717, 1.165) is 16.7 Å². The van der Waals surface area contributed by atoms with Crippen LogP contribution in [0.5, 0.6) is 0 Å². The molecule has 3 nitrogen and oxygen atoms in total. The quantitative estimate of drug-likeness (QED) is 0.889. The molecular weight excluding hydrogens is 240 g/mol. The summed E-state index contributed by atoms with van der Waals surface area (Å²) in [6, 6.07) is 17.6. The number of rotatable bonds is 3. The number of carbonyl (C=O) groups is 1. The molecule has 0 fully saturated rings. The lowest BCUT2D eigenvalue weighted by molar-refractivity contribution is -0.136. The number of benzene rings is 2. The number of hydrogen-bond donors (Lipinski definition) is 2. The summed E-state index contributed by atoms with van der Waals surface area (Å²) in [4.78, 5) is 10.5. The van der Waals surface area contributed by atoms with Gasteiger partial charge in [-0.1, -0.05) is 54.6 Å². The van der Waals surface area contributed by atoms with Crippen molar-refractivity contribution >= 4 is 5.97 Å². The highest BCUT2D eigenvalue weighted by Gasteiger charge is 2.01. The van der Waals surface area contributed by atoms with E-state index in [2.05, 4.69) is 0 Å². The van der Waals surface area contributed by atoms with Gasteiger partial charge < -0.3 is 10.2 Å². The van der Waals surface area contributed by atoms with Gasteiger partial charge in [-0.05, 0) is 23.6 Å². The molecule has 0 aliphatic rings. The number of hydrogen-bond acceptors (Lipinski definition) is 2. The van der Waals surface area contributed by atoms with Gasteiger partial charge in [-0.3, -0.25) is 4.79 Å². The second kappa shape index (κ2) is 8.06. The second-order valence-electron chi connectivity index (χ2n) is 3.95. The molecule has 0 radical (unpaired) electrons. The van der Waals surface area contributed by atoms with Crippen molar-refractivity contribution in [3.05, 3.63) is 60.2 Å². The van der Waals surface area contributed by atoms with Crippen LogP contribution in [-0.4, -0.2) is 22.8 Å². The maximum Gasteiger partial charge on any atom is 0.307 e. The standard InChI is InChI=1S/C14H12O2.C2H6O/c15-14(16)10-11-6-8-13(9-7-11)12-4-2-1-3-5-12;1-2-3/h1-9H,10H2,(H,15,16);3H,2H2,1H3. The van der Waals surface area contributed by atoms with E-state index in [-0.39, 0.29) is 13.0 Å². The lowest BCUT2D eigenvalue weighted by Gasteiger charge is -2.02. The zero-order valence-electron chi connectivity index (χ0n) is 10.9. The van der Waals surface area contributed by atoms with Crippen molar-refractivity contribution in [3.63, 3.8) is 0 Å². The minimum Gasteiger partial charge on any atom is -0.481 e. The number of aliphatic carboxylic acids is 1. The summed E-state index contributed by atoms with van der Waals surface area (Å²) >= 11 is 0. The molecule has 0 aliphatic carbocycles. The molecule has 19 heavy (non-hydrogen) atoms. The van der Waals surface area contributed by atoms with Crippen LogP contribution in [0, 0.1) is 0 Å². The Morgan fingerprint density at radius 1 is 0.947 bits per heavy atom. The minimum absolute atomic E-state index is 0.0784. The fraction of sp³-hybridized carbons (Fsp3) is 0.188. The Morgan fingerprint density at radius 2 is 1.42 bits per heavy atom. The zero-order chi connectivity index (χ0) is 14.1. The van der Waals surface area contributed by atoms with Crippen molar-refractivity contribution in [1.82, 2.24) is 0 Å². The molecule has 0 amide bonds. The first-order chi connectivity index (χ1) is 9.17. The fourth-order valence-corrected chi connectivity index (χ4v) is 1.62. The maximum atomic E-state index is 10.5.